The van der Waals surface area contributed by atoms with E-state index in [2.05, 4.69) is 361 Å². The molecule has 0 atom stereocenters. The average Bonchev–Trinajstić information content (AvgIpc) is 0.750. The van der Waals surface area contributed by atoms with Crippen LogP contribution in [0.5, 0.6) is 0 Å². The molecule has 0 saturated heterocycles. The lowest BCUT2D eigenvalue weighted by molar-refractivity contribution is 0.867. The second-order valence-corrected chi connectivity index (χ2v) is 23.4. The standard InChI is InChI=1S/C83H61BN4/c1-57(2)59-50-60(52-62(51-59)82-73-44-26-24-42-71(73)81(58-28-10-3-11-29-58)72-43-25-27-45-74(72)82)61-53-79-83-80(54-61)88(68-40-22-9-23-41-68)78-56-70(86(65-34-16-6-17-35-65)66-36-18-7-19-37-66)47-49-76(78)84(83)75-48-46-69(55-77(75)87(79)67-38-20-8-21-39-67)85(63-30-12-4-13-31-63)64-32-14-5-15-33-64/h3-57H,1-2H3. The van der Waals surface area contributed by atoms with Crippen molar-refractivity contribution in [1.29, 1.82) is 0 Å². The molecular formula is C83H61BN4. The Morgan fingerprint density at radius 1 is 0.273 bits per heavy atom. The first-order chi connectivity index (χ1) is 43.5. The molecule has 5 heteroatoms. The zero-order valence-electron chi connectivity index (χ0n) is 49.1. The Bertz CT molecular complexity index is 4550. The summed E-state index contributed by atoms with van der Waals surface area (Å²) in [5, 5.41) is 4.96. The van der Waals surface area contributed by atoms with E-state index in [0.29, 0.717) is 0 Å². The van der Waals surface area contributed by atoms with Crippen LogP contribution in [0.4, 0.5) is 68.2 Å². The summed E-state index contributed by atoms with van der Waals surface area (Å²) in [6, 6.07) is 121. The van der Waals surface area contributed by atoms with Gasteiger partial charge in [0.15, 0.2) is 0 Å². The molecule has 2 aliphatic rings. The Morgan fingerprint density at radius 2 is 0.602 bits per heavy atom. The Kier molecular flexibility index (Phi) is 13.1. The van der Waals surface area contributed by atoms with Gasteiger partial charge in [-0.2, -0.15) is 0 Å². The maximum atomic E-state index is 2.55. The minimum absolute atomic E-state index is 0.144. The minimum Gasteiger partial charge on any atom is -0.311 e. The van der Waals surface area contributed by atoms with Crippen LogP contribution in [0.25, 0.3) is 54.9 Å². The largest absolute Gasteiger partial charge is 0.311 e. The van der Waals surface area contributed by atoms with Crippen molar-refractivity contribution in [2.24, 2.45) is 0 Å². The number of nitrogens with zero attached hydrogens (tertiary/aromatic N) is 4. The molecule has 4 nitrogen and oxygen atoms in total. The predicted octanol–water partition coefficient (Wildman–Crippen LogP) is 21.1. The first-order valence-corrected chi connectivity index (χ1v) is 30.6. The van der Waals surface area contributed by atoms with Crippen LogP contribution in [0.2, 0.25) is 0 Å². The van der Waals surface area contributed by atoms with Crippen LogP contribution < -0.4 is 36.0 Å². The van der Waals surface area contributed by atoms with Gasteiger partial charge in [0, 0.05) is 68.2 Å². The highest BCUT2D eigenvalue weighted by Gasteiger charge is 2.44. The van der Waals surface area contributed by atoms with Gasteiger partial charge >= 0.3 is 0 Å². The van der Waals surface area contributed by atoms with Crippen LogP contribution in [-0.2, 0) is 0 Å². The summed E-state index contributed by atoms with van der Waals surface area (Å²) in [4.78, 5) is 9.88. The quantitative estimate of drug-likeness (QED) is 0.0893. The van der Waals surface area contributed by atoms with Crippen LogP contribution in [0, 0.1) is 0 Å². The molecule has 0 spiro atoms. The van der Waals surface area contributed by atoms with Gasteiger partial charge in [0.1, 0.15) is 0 Å². The Labute approximate surface area is 515 Å². The van der Waals surface area contributed by atoms with Crippen LogP contribution in [0.1, 0.15) is 25.3 Å². The number of para-hydroxylation sites is 6. The minimum atomic E-state index is -0.144. The van der Waals surface area contributed by atoms with Gasteiger partial charge < -0.3 is 19.6 Å². The van der Waals surface area contributed by atoms with Gasteiger partial charge in [0.2, 0.25) is 0 Å². The molecule has 14 aromatic rings. The summed E-state index contributed by atoms with van der Waals surface area (Å²) >= 11 is 0. The van der Waals surface area contributed by atoms with E-state index in [-0.39, 0.29) is 12.6 Å². The first-order valence-electron chi connectivity index (χ1n) is 30.6. The Balaban J connectivity index is 0.996. The van der Waals surface area contributed by atoms with Gasteiger partial charge in [-0.25, -0.2) is 0 Å². The molecule has 0 fully saturated rings. The molecule has 0 bridgehead atoms. The molecule has 0 aliphatic carbocycles. The van der Waals surface area contributed by atoms with Crippen molar-refractivity contribution in [2.45, 2.75) is 19.8 Å². The number of benzene rings is 14. The van der Waals surface area contributed by atoms with Crippen LogP contribution in [0.3, 0.4) is 0 Å². The molecule has 0 aromatic heterocycles. The van der Waals surface area contributed by atoms with E-state index in [1.54, 1.807) is 0 Å². The van der Waals surface area contributed by atoms with Crippen molar-refractivity contribution in [1.82, 2.24) is 0 Å². The molecule has 2 aliphatic heterocycles. The highest BCUT2D eigenvalue weighted by atomic mass is 15.2. The molecule has 0 amide bonds. The number of hydrogen-bond donors (Lipinski definition) is 0. The summed E-state index contributed by atoms with van der Waals surface area (Å²) in [5.41, 5.74) is 25.5. The maximum absolute atomic E-state index is 2.55. The lowest BCUT2D eigenvalue weighted by atomic mass is 9.33. The SMILES string of the molecule is CC(C)c1cc(-c2cc3c4c(c2)N(c2ccccc2)c2cc(N(c5ccccc5)c5ccccc5)ccc2B4c2ccc(N(c4ccccc4)c4ccccc4)cc2N3c2ccccc2)cc(-c2c3ccccc3c(-c3ccccc3)c3ccccc23)c1. The van der Waals surface area contributed by atoms with Crippen molar-refractivity contribution in [3.8, 4) is 33.4 Å². The molecule has 0 radical (unpaired) electrons. The summed E-state index contributed by atoms with van der Waals surface area (Å²) < 4.78 is 0. The lowest BCUT2D eigenvalue weighted by Crippen LogP contribution is -2.61. The summed E-state index contributed by atoms with van der Waals surface area (Å²) in [6.45, 7) is 4.52. The highest BCUT2D eigenvalue weighted by molar-refractivity contribution is 7.00. The third-order valence-electron chi connectivity index (χ3n) is 17.9. The molecule has 0 unspecified atom stereocenters. The fraction of sp³-hybridized carbons (Fsp3) is 0.0361. The number of hydrogen-bond acceptors (Lipinski definition) is 4. The van der Waals surface area contributed by atoms with Crippen LogP contribution >= 0.6 is 0 Å². The van der Waals surface area contributed by atoms with Crippen molar-refractivity contribution in [2.75, 3.05) is 19.6 Å². The monoisotopic (exact) mass is 1120 g/mol. The second kappa shape index (κ2) is 22.1. The Hall–Kier alpha value is -11.1. The molecular weight excluding hydrogens is 1060 g/mol. The van der Waals surface area contributed by atoms with E-state index in [1.165, 1.54) is 65.8 Å². The summed E-state index contributed by atoms with van der Waals surface area (Å²) in [5.74, 6) is 0.242. The Morgan fingerprint density at radius 3 is 0.989 bits per heavy atom. The molecule has 16 rings (SSSR count). The van der Waals surface area contributed by atoms with Gasteiger partial charge in [-0.3, -0.25) is 0 Å². The van der Waals surface area contributed by atoms with Crippen molar-refractivity contribution in [3.63, 3.8) is 0 Å². The third-order valence-corrected chi connectivity index (χ3v) is 17.9. The van der Waals surface area contributed by atoms with E-state index >= 15 is 0 Å². The highest BCUT2D eigenvalue weighted by Crippen LogP contribution is 2.51. The molecule has 416 valence electrons. The van der Waals surface area contributed by atoms with Crippen molar-refractivity contribution >= 4 is 113 Å². The van der Waals surface area contributed by atoms with E-state index in [9.17, 15) is 0 Å². The van der Waals surface area contributed by atoms with Crippen LogP contribution in [0.15, 0.2) is 328 Å². The van der Waals surface area contributed by atoms with E-state index in [4.69, 9.17) is 0 Å². The van der Waals surface area contributed by atoms with E-state index < -0.39 is 0 Å². The lowest BCUT2D eigenvalue weighted by Gasteiger charge is -2.45. The average molecular weight is 1130 g/mol. The molecule has 0 N–H and O–H groups in total. The number of rotatable bonds is 12. The van der Waals surface area contributed by atoms with Gasteiger partial charge in [-0.05, 0) is 198 Å². The van der Waals surface area contributed by atoms with Crippen LogP contribution in [-0.4, -0.2) is 6.71 Å². The van der Waals surface area contributed by atoms with E-state index in [1.807, 2.05) is 0 Å². The third kappa shape index (κ3) is 9.01. The zero-order valence-corrected chi connectivity index (χ0v) is 49.1. The van der Waals surface area contributed by atoms with Crippen molar-refractivity contribution < 1.29 is 0 Å². The summed E-state index contributed by atoms with van der Waals surface area (Å²) in [7, 11) is 0. The number of fused-ring (bicyclic) bond motifs is 6. The molecule has 2 heterocycles. The summed E-state index contributed by atoms with van der Waals surface area (Å²) in [6.07, 6.45) is 0. The fourth-order valence-corrected chi connectivity index (χ4v) is 14.0. The molecule has 0 saturated carbocycles. The predicted molar refractivity (Wildman–Crippen MR) is 375 cm³/mol. The smallest absolute Gasteiger partial charge is 0.252 e. The van der Waals surface area contributed by atoms with Gasteiger partial charge in [-0.1, -0.05) is 226 Å². The second-order valence-electron chi connectivity index (χ2n) is 23.4. The number of anilines is 12. The van der Waals surface area contributed by atoms with Gasteiger partial charge in [0.05, 0.1) is 0 Å². The van der Waals surface area contributed by atoms with E-state index in [0.717, 1.165) is 79.4 Å². The zero-order chi connectivity index (χ0) is 58.7. The van der Waals surface area contributed by atoms with Gasteiger partial charge in [-0.15, -0.1) is 0 Å². The van der Waals surface area contributed by atoms with Crippen molar-refractivity contribution in [3.05, 3.63) is 333 Å². The topological polar surface area (TPSA) is 13.0 Å². The fourth-order valence-electron chi connectivity index (χ4n) is 14.0. The maximum Gasteiger partial charge on any atom is 0.252 e. The normalized spacial score (nSPS) is 12.2. The van der Waals surface area contributed by atoms with Gasteiger partial charge in [0.25, 0.3) is 6.71 Å². The molecule has 14 aromatic carbocycles. The molecule has 88 heavy (non-hydrogen) atoms. The first kappa shape index (κ1) is 52.4.